The lowest BCUT2D eigenvalue weighted by Crippen LogP contribution is -1.92. The standard InChI is InChI=1S/C18H13N3O/c22-21-16-12-11-15(13-7-3-1-4-8-13)17(18(16)19-20-21)14-9-5-2-6-10-14/h1-12,22H. The van der Waals surface area contributed by atoms with Gasteiger partial charge in [-0.3, -0.25) is 0 Å². The van der Waals surface area contributed by atoms with E-state index in [9.17, 15) is 5.21 Å². The van der Waals surface area contributed by atoms with Crippen LogP contribution in [0.25, 0.3) is 33.3 Å². The summed E-state index contributed by atoms with van der Waals surface area (Å²) in [5.74, 6) is 0. The van der Waals surface area contributed by atoms with Crippen molar-refractivity contribution in [1.82, 2.24) is 15.2 Å². The van der Waals surface area contributed by atoms with Gasteiger partial charge < -0.3 is 5.21 Å². The first kappa shape index (κ1) is 12.6. The third-order valence-electron chi connectivity index (χ3n) is 3.75. The van der Waals surface area contributed by atoms with Crippen LogP contribution in [0.2, 0.25) is 0 Å². The van der Waals surface area contributed by atoms with Gasteiger partial charge in [0.25, 0.3) is 0 Å². The van der Waals surface area contributed by atoms with Crippen LogP contribution in [0.4, 0.5) is 0 Å². The van der Waals surface area contributed by atoms with Crippen LogP contribution in [0.1, 0.15) is 0 Å². The molecule has 1 aromatic heterocycles. The molecule has 4 nitrogen and oxygen atoms in total. The van der Waals surface area contributed by atoms with Gasteiger partial charge in [0, 0.05) is 5.56 Å². The molecule has 4 rings (SSSR count). The highest BCUT2D eigenvalue weighted by Gasteiger charge is 2.15. The van der Waals surface area contributed by atoms with E-state index in [1.807, 2.05) is 60.7 Å². The Bertz CT molecular complexity index is 931. The summed E-state index contributed by atoms with van der Waals surface area (Å²) in [4.78, 5) is 0.816. The smallest absolute Gasteiger partial charge is 0.131 e. The number of hydrogen-bond acceptors (Lipinski definition) is 3. The number of rotatable bonds is 2. The molecule has 4 heteroatoms. The van der Waals surface area contributed by atoms with E-state index in [2.05, 4.69) is 22.4 Å². The topological polar surface area (TPSA) is 50.9 Å². The molecule has 0 aliphatic heterocycles. The molecule has 1 heterocycles. The predicted molar refractivity (Wildman–Crippen MR) is 85.6 cm³/mol. The molecule has 22 heavy (non-hydrogen) atoms. The summed E-state index contributed by atoms with van der Waals surface area (Å²) in [6.07, 6.45) is 0. The zero-order valence-electron chi connectivity index (χ0n) is 11.7. The van der Waals surface area contributed by atoms with Crippen molar-refractivity contribution >= 4 is 11.0 Å². The van der Waals surface area contributed by atoms with E-state index in [1.54, 1.807) is 0 Å². The molecule has 0 atom stereocenters. The third-order valence-corrected chi connectivity index (χ3v) is 3.75. The fraction of sp³-hybridized carbons (Fsp3) is 0. The van der Waals surface area contributed by atoms with Crippen molar-refractivity contribution in [1.29, 1.82) is 0 Å². The Hall–Kier alpha value is -3.14. The zero-order chi connectivity index (χ0) is 14.9. The van der Waals surface area contributed by atoms with Gasteiger partial charge in [-0.05, 0) is 28.0 Å². The van der Waals surface area contributed by atoms with Gasteiger partial charge in [-0.2, -0.15) is 0 Å². The fourth-order valence-electron chi connectivity index (χ4n) is 2.73. The summed E-state index contributed by atoms with van der Waals surface area (Å²) in [5.41, 5.74) is 5.49. The van der Waals surface area contributed by atoms with Gasteiger partial charge >= 0.3 is 0 Å². The number of benzene rings is 3. The lowest BCUT2D eigenvalue weighted by atomic mass is 9.93. The normalized spacial score (nSPS) is 10.9. The van der Waals surface area contributed by atoms with E-state index in [4.69, 9.17) is 0 Å². The molecule has 0 bridgehead atoms. The maximum Gasteiger partial charge on any atom is 0.131 e. The molecular formula is C18H13N3O. The second-order valence-electron chi connectivity index (χ2n) is 5.07. The molecule has 0 aliphatic rings. The monoisotopic (exact) mass is 287 g/mol. The van der Waals surface area contributed by atoms with E-state index in [-0.39, 0.29) is 0 Å². The summed E-state index contributed by atoms with van der Waals surface area (Å²) in [6, 6.07) is 24.0. The van der Waals surface area contributed by atoms with Crippen molar-refractivity contribution in [2.24, 2.45) is 0 Å². The maximum atomic E-state index is 9.79. The summed E-state index contributed by atoms with van der Waals surface area (Å²) in [6.45, 7) is 0. The molecule has 0 saturated carbocycles. The Morgan fingerprint density at radius 2 is 1.36 bits per heavy atom. The van der Waals surface area contributed by atoms with E-state index in [0.717, 1.165) is 27.1 Å². The molecule has 0 amide bonds. The van der Waals surface area contributed by atoms with Crippen molar-refractivity contribution in [3.05, 3.63) is 72.8 Å². The molecule has 3 aromatic carbocycles. The Kier molecular flexibility index (Phi) is 2.86. The van der Waals surface area contributed by atoms with Gasteiger partial charge in [-0.1, -0.05) is 71.6 Å². The molecule has 0 unspecified atom stereocenters. The lowest BCUT2D eigenvalue weighted by molar-refractivity contribution is 0.155. The minimum absolute atomic E-state index is 0.596. The Morgan fingerprint density at radius 1 is 0.727 bits per heavy atom. The quantitative estimate of drug-likeness (QED) is 0.567. The number of aromatic nitrogens is 3. The minimum Gasteiger partial charge on any atom is -0.410 e. The highest BCUT2D eigenvalue weighted by Crippen LogP contribution is 2.36. The first-order chi connectivity index (χ1) is 10.8. The van der Waals surface area contributed by atoms with Gasteiger partial charge in [0.2, 0.25) is 0 Å². The molecule has 0 aliphatic carbocycles. The molecule has 4 aromatic rings. The van der Waals surface area contributed by atoms with E-state index in [0.29, 0.717) is 11.0 Å². The first-order valence-electron chi connectivity index (χ1n) is 7.03. The number of nitrogens with zero attached hydrogens (tertiary/aromatic N) is 3. The van der Waals surface area contributed by atoms with Crippen molar-refractivity contribution < 1.29 is 5.21 Å². The third kappa shape index (κ3) is 1.93. The zero-order valence-corrected chi connectivity index (χ0v) is 11.7. The SMILES string of the molecule is On1nnc2c(-c3ccccc3)c(-c3ccccc3)ccc21. The van der Waals surface area contributed by atoms with Gasteiger partial charge in [0.15, 0.2) is 0 Å². The van der Waals surface area contributed by atoms with Crippen molar-refractivity contribution in [2.75, 3.05) is 0 Å². The highest BCUT2D eigenvalue weighted by atomic mass is 16.5. The van der Waals surface area contributed by atoms with Crippen LogP contribution in [0.15, 0.2) is 72.8 Å². The molecule has 0 radical (unpaired) electrons. The maximum absolute atomic E-state index is 9.79. The average molecular weight is 287 g/mol. The summed E-state index contributed by atoms with van der Waals surface area (Å²) >= 11 is 0. The van der Waals surface area contributed by atoms with E-state index < -0.39 is 0 Å². The molecule has 0 saturated heterocycles. The predicted octanol–water partition coefficient (Wildman–Crippen LogP) is 4.00. The summed E-state index contributed by atoms with van der Waals surface area (Å²) in [5, 5.41) is 17.7. The van der Waals surface area contributed by atoms with Gasteiger partial charge in [0.05, 0.1) is 0 Å². The Labute approximate surface area is 127 Å². The highest BCUT2D eigenvalue weighted by molar-refractivity contribution is 6.00. The van der Waals surface area contributed by atoms with E-state index >= 15 is 0 Å². The molecular weight excluding hydrogens is 274 g/mol. The largest absolute Gasteiger partial charge is 0.410 e. The molecule has 106 valence electrons. The minimum atomic E-state index is 0.596. The van der Waals surface area contributed by atoms with Crippen LogP contribution < -0.4 is 0 Å². The second kappa shape index (κ2) is 5.00. The van der Waals surface area contributed by atoms with Gasteiger partial charge in [-0.25, -0.2) is 0 Å². The Morgan fingerprint density at radius 3 is 2.05 bits per heavy atom. The lowest BCUT2D eigenvalue weighted by Gasteiger charge is -2.10. The van der Waals surface area contributed by atoms with Crippen molar-refractivity contribution in [3.63, 3.8) is 0 Å². The number of fused-ring (bicyclic) bond motifs is 1. The van der Waals surface area contributed by atoms with Crippen LogP contribution in [-0.4, -0.2) is 20.4 Å². The van der Waals surface area contributed by atoms with Crippen molar-refractivity contribution in [3.8, 4) is 22.3 Å². The van der Waals surface area contributed by atoms with E-state index in [1.165, 1.54) is 0 Å². The van der Waals surface area contributed by atoms with Crippen LogP contribution in [0, 0.1) is 0 Å². The van der Waals surface area contributed by atoms with Crippen LogP contribution in [0.3, 0.4) is 0 Å². The van der Waals surface area contributed by atoms with Crippen LogP contribution >= 0.6 is 0 Å². The fourth-order valence-corrected chi connectivity index (χ4v) is 2.73. The molecule has 0 fully saturated rings. The first-order valence-corrected chi connectivity index (χ1v) is 7.03. The van der Waals surface area contributed by atoms with Crippen LogP contribution in [-0.2, 0) is 0 Å². The van der Waals surface area contributed by atoms with Gasteiger partial charge in [-0.15, -0.1) is 5.10 Å². The molecule has 0 spiro atoms. The second-order valence-corrected chi connectivity index (χ2v) is 5.07. The summed E-state index contributed by atoms with van der Waals surface area (Å²) < 4.78 is 0. The van der Waals surface area contributed by atoms with Crippen molar-refractivity contribution in [2.45, 2.75) is 0 Å². The van der Waals surface area contributed by atoms with Gasteiger partial charge in [0.1, 0.15) is 11.0 Å². The average Bonchev–Trinajstić information content (AvgIpc) is 2.97. The number of hydrogen-bond donors (Lipinski definition) is 1. The molecule has 1 N–H and O–H groups in total. The van der Waals surface area contributed by atoms with Crippen LogP contribution in [0.5, 0.6) is 0 Å². The Balaban J connectivity index is 2.09. The summed E-state index contributed by atoms with van der Waals surface area (Å²) in [7, 11) is 0.